The fraction of sp³-hybridized carbons (Fsp3) is 0.385. The second kappa shape index (κ2) is 4.84. The summed E-state index contributed by atoms with van der Waals surface area (Å²) in [5.41, 5.74) is 2.66. The van der Waals surface area contributed by atoms with Gasteiger partial charge in [0.15, 0.2) is 6.29 Å². The summed E-state index contributed by atoms with van der Waals surface area (Å²) in [4.78, 5) is 12.2. The summed E-state index contributed by atoms with van der Waals surface area (Å²) in [7, 11) is 0. The van der Waals surface area contributed by atoms with Gasteiger partial charge in [-0.1, -0.05) is 13.8 Å². The Bertz CT molecular complexity index is 525. The smallest absolute Gasteiger partial charge is 0.153 e. The third-order valence-electron chi connectivity index (χ3n) is 2.55. The lowest BCUT2D eigenvalue weighted by Crippen LogP contribution is -2.04. The molecule has 0 aliphatic heterocycles. The van der Waals surface area contributed by atoms with E-state index in [1.807, 2.05) is 23.2 Å². The number of rotatable bonds is 4. The number of aromatic nitrogens is 2. The normalized spacial score (nSPS) is 11.1. The minimum atomic E-state index is 0.520. The van der Waals surface area contributed by atoms with Gasteiger partial charge in [0, 0.05) is 12.7 Å². The molecule has 0 amide bonds. The van der Waals surface area contributed by atoms with Crippen molar-refractivity contribution in [3.8, 4) is 10.6 Å². The molecular formula is C13H16N2OS. The number of carbonyl (C=O) groups is 1. The van der Waals surface area contributed by atoms with E-state index in [1.165, 1.54) is 5.56 Å². The second-order valence-corrected chi connectivity index (χ2v) is 5.52. The van der Waals surface area contributed by atoms with E-state index in [1.54, 1.807) is 11.3 Å². The van der Waals surface area contributed by atoms with Crippen LogP contribution in [-0.2, 0) is 6.54 Å². The number of aryl methyl sites for hydroxylation is 1. The number of hydrogen-bond donors (Lipinski definition) is 0. The van der Waals surface area contributed by atoms with E-state index in [0.29, 0.717) is 11.5 Å². The Hall–Kier alpha value is -1.42. The number of aldehydes is 1. The predicted octanol–water partition coefficient (Wildman–Crippen LogP) is 3.39. The van der Waals surface area contributed by atoms with Gasteiger partial charge in [0.2, 0.25) is 0 Å². The molecule has 0 unspecified atom stereocenters. The molecule has 0 fully saturated rings. The summed E-state index contributed by atoms with van der Waals surface area (Å²) in [6.07, 6.45) is 2.72. The fourth-order valence-corrected chi connectivity index (χ4v) is 2.71. The molecule has 2 aromatic heterocycles. The van der Waals surface area contributed by atoms with Gasteiger partial charge >= 0.3 is 0 Å². The first-order chi connectivity index (χ1) is 8.11. The topological polar surface area (TPSA) is 34.9 Å². The maximum absolute atomic E-state index is 11.1. The second-order valence-electron chi connectivity index (χ2n) is 4.60. The van der Waals surface area contributed by atoms with E-state index in [-0.39, 0.29) is 0 Å². The summed E-state index contributed by atoms with van der Waals surface area (Å²) in [5, 5.41) is 6.55. The summed E-state index contributed by atoms with van der Waals surface area (Å²) in [6.45, 7) is 7.16. The van der Waals surface area contributed by atoms with Crippen LogP contribution in [0.5, 0.6) is 0 Å². The molecule has 0 atom stereocenters. The highest BCUT2D eigenvalue weighted by Gasteiger charge is 2.14. The van der Waals surface area contributed by atoms with Crippen LogP contribution in [0.2, 0.25) is 0 Å². The third kappa shape index (κ3) is 2.47. The van der Waals surface area contributed by atoms with E-state index in [4.69, 9.17) is 0 Å². The first-order valence-corrected chi connectivity index (χ1v) is 6.57. The van der Waals surface area contributed by atoms with Crippen molar-refractivity contribution >= 4 is 17.6 Å². The Morgan fingerprint density at radius 3 is 2.82 bits per heavy atom. The Kier molecular flexibility index (Phi) is 3.43. The van der Waals surface area contributed by atoms with Gasteiger partial charge in [-0.25, -0.2) is 0 Å². The standard InChI is InChI=1S/C13H16N2OS/c1-9(2)6-15-7-11(8-16)12(14-15)13-10(3)4-5-17-13/h4-5,7-9H,6H2,1-3H3. The van der Waals surface area contributed by atoms with Crippen molar-refractivity contribution in [1.82, 2.24) is 9.78 Å². The van der Waals surface area contributed by atoms with Gasteiger partial charge in [-0.15, -0.1) is 11.3 Å². The molecule has 0 N–H and O–H groups in total. The van der Waals surface area contributed by atoms with Gasteiger partial charge < -0.3 is 0 Å². The van der Waals surface area contributed by atoms with Crippen molar-refractivity contribution in [2.75, 3.05) is 0 Å². The molecule has 0 aliphatic carbocycles. The minimum Gasteiger partial charge on any atom is -0.298 e. The van der Waals surface area contributed by atoms with E-state index in [2.05, 4.69) is 25.0 Å². The zero-order valence-corrected chi connectivity index (χ0v) is 11.1. The highest BCUT2D eigenvalue weighted by Crippen LogP contribution is 2.29. The zero-order valence-electron chi connectivity index (χ0n) is 10.3. The van der Waals surface area contributed by atoms with Crippen LogP contribution in [0.4, 0.5) is 0 Å². The molecule has 2 aromatic rings. The Morgan fingerprint density at radius 1 is 1.53 bits per heavy atom. The van der Waals surface area contributed by atoms with Crippen molar-refractivity contribution in [1.29, 1.82) is 0 Å². The monoisotopic (exact) mass is 248 g/mol. The van der Waals surface area contributed by atoms with Gasteiger partial charge in [0.25, 0.3) is 0 Å². The molecule has 2 heterocycles. The number of nitrogens with zero attached hydrogens (tertiary/aromatic N) is 2. The van der Waals surface area contributed by atoms with E-state index in [0.717, 1.165) is 23.4 Å². The maximum Gasteiger partial charge on any atom is 0.153 e. The van der Waals surface area contributed by atoms with Crippen LogP contribution in [0.3, 0.4) is 0 Å². The molecule has 0 bridgehead atoms. The molecule has 0 spiro atoms. The molecule has 90 valence electrons. The Labute approximate surface area is 105 Å². The molecule has 0 aromatic carbocycles. The maximum atomic E-state index is 11.1. The third-order valence-corrected chi connectivity index (χ3v) is 3.57. The SMILES string of the molecule is Cc1ccsc1-c1nn(CC(C)C)cc1C=O. The minimum absolute atomic E-state index is 0.520. The van der Waals surface area contributed by atoms with Crippen LogP contribution in [0.25, 0.3) is 10.6 Å². The summed E-state index contributed by atoms with van der Waals surface area (Å²) in [6, 6.07) is 2.05. The lowest BCUT2D eigenvalue weighted by molar-refractivity contribution is 0.112. The molecule has 0 saturated carbocycles. The highest BCUT2D eigenvalue weighted by atomic mass is 32.1. The fourth-order valence-electron chi connectivity index (χ4n) is 1.78. The van der Waals surface area contributed by atoms with Crippen molar-refractivity contribution in [2.24, 2.45) is 5.92 Å². The van der Waals surface area contributed by atoms with E-state index < -0.39 is 0 Å². The Morgan fingerprint density at radius 2 is 2.29 bits per heavy atom. The summed E-state index contributed by atoms with van der Waals surface area (Å²) in [5.74, 6) is 0.520. The van der Waals surface area contributed by atoms with Crippen molar-refractivity contribution < 1.29 is 4.79 Å². The van der Waals surface area contributed by atoms with Crippen LogP contribution in [0, 0.1) is 12.8 Å². The summed E-state index contributed by atoms with van der Waals surface area (Å²) >= 11 is 1.63. The average molecular weight is 248 g/mol. The van der Waals surface area contributed by atoms with Crippen LogP contribution in [0.1, 0.15) is 29.8 Å². The lowest BCUT2D eigenvalue weighted by atomic mass is 10.2. The van der Waals surface area contributed by atoms with Crippen LogP contribution in [0.15, 0.2) is 17.6 Å². The lowest BCUT2D eigenvalue weighted by Gasteiger charge is -2.03. The number of thiophene rings is 1. The van der Waals surface area contributed by atoms with Crippen molar-refractivity contribution in [3.63, 3.8) is 0 Å². The average Bonchev–Trinajstić information content (AvgIpc) is 2.83. The number of hydrogen-bond acceptors (Lipinski definition) is 3. The van der Waals surface area contributed by atoms with Crippen LogP contribution in [-0.4, -0.2) is 16.1 Å². The molecule has 0 saturated heterocycles. The van der Waals surface area contributed by atoms with Crippen LogP contribution < -0.4 is 0 Å². The largest absolute Gasteiger partial charge is 0.298 e. The molecule has 0 aliphatic rings. The number of carbonyl (C=O) groups excluding carboxylic acids is 1. The molecular weight excluding hydrogens is 232 g/mol. The summed E-state index contributed by atoms with van der Waals surface area (Å²) < 4.78 is 1.86. The quantitative estimate of drug-likeness (QED) is 0.777. The molecule has 17 heavy (non-hydrogen) atoms. The highest BCUT2D eigenvalue weighted by molar-refractivity contribution is 7.13. The zero-order chi connectivity index (χ0) is 12.4. The van der Waals surface area contributed by atoms with Gasteiger partial charge in [-0.2, -0.15) is 5.10 Å². The van der Waals surface area contributed by atoms with Crippen molar-refractivity contribution in [3.05, 3.63) is 28.8 Å². The first kappa shape index (κ1) is 12.0. The molecule has 4 heteroatoms. The predicted molar refractivity (Wildman–Crippen MR) is 70.5 cm³/mol. The van der Waals surface area contributed by atoms with Gasteiger partial charge in [-0.3, -0.25) is 9.48 Å². The van der Waals surface area contributed by atoms with Gasteiger partial charge in [0.1, 0.15) is 5.69 Å². The van der Waals surface area contributed by atoms with E-state index in [9.17, 15) is 4.79 Å². The Balaban J connectivity index is 2.43. The van der Waals surface area contributed by atoms with Gasteiger partial charge in [-0.05, 0) is 29.9 Å². The first-order valence-electron chi connectivity index (χ1n) is 5.69. The van der Waals surface area contributed by atoms with Crippen molar-refractivity contribution in [2.45, 2.75) is 27.3 Å². The van der Waals surface area contributed by atoms with Gasteiger partial charge in [0.05, 0.1) is 10.4 Å². The molecule has 0 radical (unpaired) electrons. The molecule has 2 rings (SSSR count). The van der Waals surface area contributed by atoms with Crippen LogP contribution >= 0.6 is 11.3 Å². The molecule has 3 nitrogen and oxygen atoms in total. The van der Waals surface area contributed by atoms with E-state index >= 15 is 0 Å².